The second-order valence-corrected chi connectivity index (χ2v) is 6.89. The number of rotatable bonds is 5. The molecule has 4 heteroatoms. The monoisotopic (exact) mass is 291 g/mol. The van der Waals surface area contributed by atoms with E-state index >= 15 is 0 Å². The Morgan fingerprint density at radius 1 is 1.38 bits per heavy atom. The van der Waals surface area contributed by atoms with Gasteiger partial charge >= 0.3 is 0 Å². The van der Waals surface area contributed by atoms with Crippen molar-refractivity contribution < 1.29 is 4.74 Å². The summed E-state index contributed by atoms with van der Waals surface area (Å²) >= 11 is 0. The van der Waals surface area contributed by atoms with Gasteiger partial charge in [0.15, 0.2) is 0 Å². The second kappa shape index (κ2) is 6.49. The topological polar surface area (TPSA) is 39.1 Å². The first-order valence-corrected chi connectivity index (χ1v) is 8.55. The Bertz CT molecular complexity index is 463. The third-order valence-electron chi connectivity index (χ3n) is 5.09. The lowest BCUT2D eigenvalue weighted by Gasteiger charge is -2.38. The molecule has 118 valence electrons. The van der Waals surface area contributed by atoms with Crippen molar-refractivity contribution in [2.45, 2.75) is 77.0 Å². The highest BCUT2D eigenvalue weighted by molar-refractivity contribution is 5.06. The van der Waals surface area contributed by atoms with Crippen LogP contribution in [0.25, 0.3) is 0 Å². The first-order chi connectivity index (χ1) is 10.2. The maximum Gasteiger partial charge on any atom is 0.0697 e. The highest BCUT2D eigenvalue weighted by atomic mass is 16.5. The van der Waals surface area contributed by atoms with Crippen LogP contribution in [0.4, 0.5) is 0 Å². The molecule has 1 N–H and O–H groups in total. The minimum absolute atomic E-state index is 0.228. The number of nitrogens with zero attached hydrogens (tertiary/aromatic N) is 2. The van der Waals surface area contributed by atoms with Gasteiger partial charge in [-0.25, -0.2) is 0 Å². The number of hydrogen-bond donors (Lipinski definition) is 1. The molecule has 1 aliphatic heterocycles. The van der Waals surface area contributed by atoms with E-state index in [0.717, 1.165) is 31.8 Å². The summed E-state index contributed by atoms with van der Waals surface area (Å²) in [6.07, 6.45) is 8.78. The summed E-state index contributed by atoms with van der Waals surface area (Å²) in [6, 6.07) is 2.80. The highest BCUT2D eigenvalue weighted by Gasteiger charge is 2.39. The number of aryl methyl sites for hydroxylation is 3. The van der Waals surface area contributed by atoms with Gasteiger partial charge in [-0.2, -0.15) is 5.10 Å². The number of hydrogen-bond acceptors (Lipinski definition) is 3. The first-order valence-electron chi connectivity index (χ1n) is 8.55. The van der Waals surface area contributed by atoms with E-state index in [1.807, 2.05) is 0 Å². The number of ether oxygens (including phenoxy) is 1. The predicted molar refractivity (Wildman–Crippen MR) is 84.5 cm³/mol. The van der Waals surface area contributed by atoms with Crippen molar-refractivity contribution >= 4 is 0 Å². The molecule has 1 unspecified atom stereocenters. The molecular formula is C17H29N3O. The Kier molecular flexibility index (Phi) is 4.65. The molecule has 1 saturated heterocycles. The van der Waals surface area contributed by atoms with Gasteiger partial charge in [-0.05, 0) is 58.6 Å². The van der Waals surface area contributed by atoms with Crippen LogP contribution in [0.2, 0.25) is 0 Å². The minimum atomic E-state index is 0.228. The molecule has 0 radical (unpaired) electrons. The summed E-state index contributed by atoms with van der Waals surface area (Å²) in [5.41, 5.74) is 2.61. The summed E-state index contributed by atoms with van der Waals surface area (Å²) in [4.78, 5) is 0. The lowest BCUT2D eigenvalue weighted by Crippen LogP contribution is -2.45. The van der Waals surface area contributed by atoms with Crippen LogP contribution in [0.1, 0.15) is 56.3 Å². The van der Waals surface area contributed by atoms with Crippen LogP contribution in [-0.4, -0.2) is 34.6 Å². The summed E-state index contributed by atoms with van der Waals surface area (Å²) in [5.74, 6) is 0. The van der Waals surface area contributed by atoms with E-state index in [1.54, 1.807) is 0 Å². The van der Waals surface area contributed by atoms with Gasteiger partial charge in [0.1, 0.15) is 0 Å². The molecule has 2 heterocycles. The van der Waals surface area contributed by atoms with Crippen molar-refractivity contribution in [1.82, 2.24) is 15.1 Å². The normalized spacial score (nSPS) is 24.8. The Labute approximate surface area is 128 Å². The van der Waals surface area contributed by atoms with E-state index in [-0.39, 0.29) is 5.60 Å². The van der Waals surface area contributed by atoms with Gasteiger partial charge in [0.2, 0.25) is 0 Å². The fourth-order valence-corrected chi connectivity index (χ4v) is 4.01. The Morgan fingerprint density at radius 2 is 2.19 bits per heavy atom. The average molecular weight is 291 g/mol. The highest BCUT2D eigenvalue weighted by Crippen LogP contribution is 2.39. The molecule has 1 aromatic rings. The van der Waals surface area contributed by atoms with Crippen LogP contribution in [-0.2, 0) is 11.3 Å². The third kappa shape index (κ3) is 3.67. The van der Waals surface area contributed by atoms with E-state index in [9.17, 15) is 0 Å². The van der Waals surface area contributed by atoms with Crippen LogP contribution in [0.15, 0.2) is 6.07 Å². The molecule has 0 bridgehead atoms. The van der Waals surface area contributed by atoms with Crippen LogP contribution in [0, 0.1) is 13.8 Å². The van der Waals surface area contributed by atoms with Gasteiger partial charge in [0.25, 0.3) is 0 Å². The summed E-state index contributed by atoms with van der Waals surface area (Å²) in [5, 5.41) is 8.27. The molecule has 1 atom stereocenters. The molecule has 1 saturated carbocycles. The molecule has 2 aliphatic rings. The van der Waals surface area contributed by atoms with E-state index < -0.39 is 0 Å². The molecular weight excluding hydrogens is 262 g/mol. The van der Waals surface area contributed by atoms with Crippen molar-refractivity contribution in [2.24, 2.45) is 0 Å². The average Bonchev–Trinajstić information content (AvgIpc) is 3.02. The van der Waals surface area contributed by atoms with Gasteiger partial charge in [-0.3, -0.25) is 4.68 Å². The van der Waals surface area contributed by atoms with E-state index in [4.69, 9.17) is 4.74 Å². The van der Waals surface area contributed by atoms with Crippen LogP contribution in [0.5, 0.6) is 0 Å². The molecule has 2 fully saturated rings. The van der Waals surface area contributed by atoms with Gasteiger partial charge in [0.05, 0.1) is 11.3 Å². The Balaban J connectivity index is 1.40. The molecule has 1 spiro atoms. The van der Waals surface area contributed by atoms with Crippen molar-refractivity contribution in [3.8, 4) is 0 Å². The van der Waals surface area contributed by atoms with E-state index in [1.165, 1.54) is 44.2 Å². The summed E-state index contributed by atoms with van der Waals surface area (Å²) in [6.45, 7) is 7.23. The SMILES string of the molecule is Cc1cc(C)n(CCCNC2CCOC3(CCCC3)C2)n1. The van der Waals surface area contributed by atoms with Crippen LogP contribution in [0.3, 0.4) is 0 Å². The molecule has 0 aromatic carbocycles. The maximum atomic E-state index is 6.10. The smallest absolute Gasteiger partial charge is 0.0697 e. The molecule has 1 aromatic heterocycles. The molecule has 3 rings (SSSR count). The molecule has 4 nitrogen and oxygen atoms in total. The number of aromatic nitrogens is 2. The zero-order chi connectivity index (χ0) is 14.7. The second-order valence-electron chi connectivity index (χ2n) is 6.89. The van der Waals surface area contributed by atoms with Crippen molar-refractivity contribution in [1.29, 1.82) is 0 Å². The largest absolute Gasteiger partial charge is 0.375 e. The van der Waals surface area contributed by atoms with E-state index in [2.05, 4.69) is 35.0 Å². The van der Waals surface area contributed by atoms with Gasteiger partial charge < -0.3 is 10.1 Å². The lowest BCUT2D eigenvalue weighted by molar-refractivity contribution is -0.0835. The van der Waals surface area contributed by atoms with Crippen LogP contribution >= 0.6 is 0 Å². The first kappa shape index (κ1) is 15.0. The van der Waals surface area contributed by atoms with Crippen molar-refractivity contribution in [2.75, 3.05) is 13.2 Å². The molecule has 21 heavy (non-hydrogen) atoms. The predicted octanol–water partition coefficient (Wildman–Crippen LogP) is 2.97. The van der Waals surface area contributed by atoms with Crippen molar-refractivity contribution in [3.05, 3.63) is 17.5 Å². The summed E-state index contributed by atoms with van der Waals surface area (Å²) < 4.78 is 8.22. The maximum absolute atomic E-state index is 6.10. The molecule has 1 aliphatic carbocycles. The zero-order valence-corrected chi connectivity index (χ0v) is 13.5. The fourth-order valence-electron chi connectivity index (χ4n) is 4.01. The van der Waals surface area contributed by atoms with Gasteiger partial charge in [-0.15, -0.1) is 0 Å². The standard InChI is InChI=1S/C17H29N3O/c1-14-12-15(2)20(19-14)10-5-9-18-16-6-11-21-17(13-16)7-3-4-8-17/h12,16,18H,3-11,13H2,1-2H3. The van der Waals surface area contributed by atoms with Gasteiger partial charge in [-0.1, -0.05) is 12.8 Å². The lowest BCUT2D eigenvalue weighted by atomic mass is 9.89. The minimum Gasteiger partial charge on any atom is -0.375 e. The van der Waals surface area contributed by atoms with Gasteiger partial charge in [0, 0.05) is 24.9 Å². The molecule has 0 amide bonds. The zero-order valence-electron chi connectivity index (χ0n) is 13.5. The number of nitrogens with one attached hydrogen (secondary N) is 1. The third-order valence-corrected chi connectivity index (χ3v) is 5.09. The Morgan fingerprint density at radius 3 is 2.90 bits per heavy atom. The Hall–Kier alpha value is -0.870. The summed E-state index contributed by atoms with van der Waals surface area (Å²) in [7, 11) is 0. The van der Waals surface area contributed by atoms with Crippen LogP contribution < -0.4 is 5.32 Å². The van der Waals surface area contributed by atoms with E-state index in [0.29, 0.717) is 6.04 Å². The fraction of sp³-hybridized carbons (Fsp3) is 0.824. The quantitative estimate of drug-likeness (QED) is 0.848. The van der Waals surface area contributed by atoms with Crippen molar-refractivity contribution in [3.63, 3.8) is 0 Å².